The number of esters is 1. The summed E-state index contributed by atoms with van der Waals surface area (Å²) in [6, 6.07) is 4.02. The third-order valence-electron chi connectivity index (χ3n) is 3.04. The van der Waals surface area contributed by atoms with Crippen LogP contribution in [0, 0.1) is 20.8 Å². The molecule has 0 bridgehead atoms. The van der Waals surface area contributed by atoms with E-state index in [4.69, 9.17) is 9.47 Å². The smallest absolute Gasteiger partial charge is 0.325 e. The highest BCUT2D eigenvalue weighted by Crippen LogP contribution is 2.24. The molecule has 0 saturated carbocycles. The monoisotopic (exact) mass is 293 g/mol. The van der Waals surface area contributed by atoms with Crippen LogP contribution in [0.25, 0.3) is 0 Å². The van der Waals surface area contributed by atoms with Crippen molar-refractivity contribution < 1.29 is 19.1 Å². The number of benzene rings is 1. The number of aryl methyl sites for hydroxylation is 3. The van der Waals surface area contributed by atoms with Gasteiger partial charge in [0.25, 0.3) is 5.91 Å². The Morgan fingerprint density at radius 3 is 2.24 bits per heavy atom. The van der Waals surface area contributed by atoms with Gasteiger partial charge < -0.3 is 14.4 Å². The number of ether oxygens (including phenoxy) is 2. The third-order valence-corrected chi connectivity index (χ3v) is 3.04. The van der Waals surface area contributed by atoms with Crippen LogP contribution >= 0.6 is 0 Å². The summed E-state index contributed by atoms with van der Waals surface area (Å²) in [7, 11) is 1.55. The minimum Gasteiger partial charge on any atom is -0.483 e. The molecular weight excluding hydrogens is 270 g/mol. The number of amides is 1. The molecule has 1 rings (SSSR count). The van der Waals surface area contributed by atoms with Gasteiger partial charge in [-0.25, -0.2) is 0 Å². The first-order chi connectivity index (χ1) is 9.85. The first-order valence-electron chi connectivity index (χ1n) is 6.95. The lowest BCUT2D eigenvalue weighted by Crippen LogP contribution is -2.36. The third kappa shape index (κ3) is 5.10. The molecule has 0 radical (unpaired) electrons. The zero-order valence-electron chi connectivity index (χ0n) is 13.4. The fraction of sp³-hybridized carbons (Fsp3) is 0.500. The highest BCUT2D eigenvalue weighted by molar-refractivity contribution is 5.82. The summed E-state index contributed by atoms with van der Waals surface area (Å²) in [5.41, 5.74) is 3.14. The molecule has 5 nitrogen and oxygen atoms in total. The Hall–Kier alpha value is -2.04. The van der Waals surface area contributed by atoms with Crippen LogP contribution < -0.4 is 4.74 Å². The number of likely N-dealkylation sites (N-methyl/N-ethyl adjacent to an activating group) is 1. The van der Waals surface area contributed by atoms with E-state index in [2.05, 4.69) is 0 Å². The molecule has 0 fully saturated rings. The van der Waals surface area contributed by atoms with Crippen LogP contribution in [0.3, 0.4) is 0 Å². The van der Waals surface area contributed by atoms with Gasteiger partial charge in [0.2, 0.25) is 0 Å². The Kier molecular flexibility index (Phi) is 6.21. The van der Waals surface area contributed by atoms with Crippen LogP contribution in [0.1, 0.15) is 23.6 Å². The summed E-state index contributed by atoms with van der Waals surface area (Å²) < 4.78 is 10.4. The molecule has 5 heteroatoms. The van der Waals surface area contributed by atoms with Gasteiger partial charge in [-0.05, 0) is 38.8 Å². The van der Waals surface area contributed by atoms with E-state index in [0.717, 1.165) is 22.4 Å². The maximum absolute atomic E-state index is 11.9. The Morgan fingerprint density at radius 1 is 1.14 bits per heavy atom. The second kappa shape index (κ2) is 7.67. The second-order valence-electron chi connectivity index (χ2n) is 5.07. The molecule has 0 aliphatic carbocycles. The SMILES string of the molecule is CCOC(=O)CN(C)C(=O)COc1c(C)cc(C)cc1C. The Bertz CT molecular complexity index is 502. The summed E-state index contributed by atoms with van der Waals surface area (Å²) in [6.07, 6.45) is 0. The molecule has 21 heavy (non-hydrogen) atoms. The van der Waals surface area contributed by atoms with E-state index in [9.17, 15) is 9.59 Å². The number of rotatable bonds is 6. The van der Waals surface area contributed by atoms with Crippen molar-refractivity contribution in [2.75, 3.05) is 26.8 Å². The number of hydrogen-bond acceptors (Lipinski definition) is 4. The van der Waals surface area contributed by atoms with Gasteiger partial charge in [-0.3, -0.25) is 9.59 Å². The summed E-state index contributed by atoms with van der Waals surface area (Å²) in [5, 5.41) is 0. The largest absolute Gasteiger partial charge is 0.483 e. The lowest BCUT2D eigenvalue weighted by atomic mass is 10.1. The molecule has 0 atom stereocenters. The average molecular weight is 293 g/mol. The maximum Gasteiger partial charge on any atom is 0.325 e. The molecular formula is C16H23NO4. The molecule has 1 aromatic rings. The minimum atomic E-state index is -0.420. The van der Waals surface area contributed by atoms with E-state index < -0.39 is 5.97 Å². The van der Waals surface area contributed by atoms with Crippen molar-refractivity contribution in [2.45, 2.75) is 27.7 Å². The first-order valence-corrected chi connectivity index (χ1v) is 6.95. The van der Waals surface area contributed by atoms with Crippen molar-refractivity contribution in [3.63, 3.8) is 0 Å². The summed E-state index contributed by atoms with van der Waals surface area (Å²) in [6.45, 7) is 7.78. The van der Waals surface area contributed by atoms with Crippen LogP contribution in [0.5, 0.6) is 5.75 Å². The quantitative estimate of drug-likeness (QED) is 0.753. The van der Waals surface area contributed by atoms with Crippen LogP contribution in [-0.2, 0) is 14.3 Å². The van der Waals surface area contributed by atoms with E-state index in [-0.39, 0.29) is 19.1 Å². The van der Waals surface area contributed by atoms with Crippen LogP contribution in [0.15, 0.2) is 12.1 Å². The molecule has 1 aromatic carbocycles. The topological polar surface area (TPSA) is 55.8 Å². The van der Waals surface area contributed by atoms with Crippen molar-refractivity contribution in [1.82, 2.24) is 4.90 Å². The Balaban J connectivity index is 2.59. The van der Waals surface area contributed by atoms with E-state index >= 15 is 0 Å². The summed E-state index contributed by atoms with van der Waals surface area (Å²) >= 11 is 0. The molecule has 0 spiro atoms. The van der Waals surface area contributed by atoms with Crippen LogP contribution in [-0.4, -0.2) is 43.6 Å². The van der Waals surface area contributed by atoms with Crippen molar-refractivity contribution in [1.29, 1.82) is 0 Å². The van der Waals surface area contributed by atoms with Gasteiger partial charge in [0.05, 0.1) is 6.61 Å². The average Bonchev–Trinajstić information content (AvgIpc) is 2.37. The summed E-state index contributed by atoms with van der Waals surface area (Å²) in [5.74, 6) is 0.0389. The van der Waals surface area contributed by atoms with Gasteiger partial charge in [0.1, 0.15) is 12.3 Å². The molecule has 0 saturated heterocycles. The standard InChI is InChI=1S/C16H23NO4/c1-6-20-15(19)9-17(5)14(18)10-21-16-12(3)7-11(2)8-13(16)4/h7-8H,6,9-10H2,1-5H3. The Morgan fingerprint density at radius 2 is 1.71 bits per heavy atom. The second-order valence-corrected chi connectivity index (χ2v) is 5.07. The highest BCUT2D eigenvalue weighted by atomic mass is 16.5. The van der Waals surface area contributed by atoms with E-state index in [0.29, 0.717) is 6.61 Å². The zero-order valence-corrected chi connectivity index (χ0v) is 13.4. The minimum absolute atomic E-state index is 0.0676. The molecule has 0 unspecified atom stereocenters. The normalized spacial score (nSPS) is 10.1. The fourth-order valence-corrected chi connectivity index (χ4v) is 2.13. The zero-order chi connectivity index (χ0) is 16.0. The number of hydrogen-bond donors (Lipinski definition) is 0. The van der Waals surface area contributed by atoms with Gasteiger partial charge >= 0.3 is 5.97 Å². The first kappa shape index (κ1) is 17.0. The van der Waals surface area contributed by atoms with Crippen molar-refractivity contribution in [2.24, 2.45) is 0 Å². The molecule has 0 N–H and O–H groups in total. The number of carbonyl (C=O) groups is 2. The van der Waals surface area contributed by atoms with Gasteiger partial charge in [0, 0.05) is 7.05 Å². The van der Waals surface area contributed by atoms with Gasteiger partial charge in [-0.2, -0.15) is 0 Å². The molecule has 116 valence electrons. The predicted octanol–water partition coefficient (Wildman–Crippen LogP) is 2.01. The highest BCUT2D eigenvalue weighted by Gasteiger charge is 2.15. The lowest BCUT2D eigenvalue weighted by molar-refractivity contribution is -0.148. The van der Waals surface area contributed by atoms with Gasteiger partial charge in [-0.1, -0.05) is 17.7 Å². The summed E-state index contributed by atoms with van der Waals surface area (Å²) in [4.78, 5) is 24.6. The van der Waals surface area contributed by atoms with E-state index in [1.165, 1.54) is 4.90 Å². The van der Waals surface area contributed by atoms with Crippen LogP contribution in [0.2, 0.25) is 0 Å². The number of nitrogens with zero attached hydrogens (tertiary/aromatic N) is 1. The van der Waals surface area contributed by atoms with Gasteiger partial charge in [0.15, 0.2) is 6.61 Å². The maximum atomic E-state index is 11.9. The van der Waals surface area contributed by atoms with Crippen molar-refractivity contribution in [3.8, 4) is 5.75 Å². The molecule has 0 aliphatic rings. The fourth-order valence-electron chi connectivity index (χ4n) is 2.13. The van der Waals surface area contributed by atoms with Crippen molar-refractivity contribution >= 4 is 11.9 Å². The van der Waals surface area contributed by atoms with Crippen LogP contribution in [0.4, 0.5) is 0 Å². The van der Waals surface area contributed by atoms with E-state index in [1.54, 1.807) is 14.0 Å². The Labute approximate surface area is 125 Å². The molecule has 0 heterocycles. The number of carbonyl (C=O) groups excluding carboxylic acids is 2. The van der Waals surface area contributed by atoms with Crippen molar-refractivity contribution in [3.05, 3.63) is 28.8 Å². The molecule has 0 aliphatic heterocycles. The molecule has 1 amide bonds. The predicted molar refractivity (Wildman–Crippen MR) is 80.4 cm³/mol. The molecule has 0 aromatic heterocycles. The lowest BCUT2D eigenvalue weighted by Gasteiger charge is -2.18. The van der Waals surface area contributed by atoms with Gasteiger partial charge in [-0.15, -0.1) is 0 Å². The van der Waals surface area contributed by atoms with E-state index in [1.807, 2.05) is 32.9 Å².